The summed E-state index contributed by atoms with van der Waals surface area (Å²) < 4.78 is 1.98. The largest absolute Gasteiger partial charge is 0.351 e. The highest BCUT2D eigenvalue weighted by molar-refractivity contribution is 5.69. The number of nitro benzene ring substituents is 1. The maximum absolute atomic E-state index is 10.6. The molecule has 2 aromatic rings. The lowest BCUT2D eigenvalue weighted by Gasteiger charge is -1.96. The smallest absolute Gasteiger partial charge is 0.270 e. The molecular formula is C13H12N2O2. The van der Waals surface area contributed by atoms with Crippen LogP contribution < -0.4 is 0 Å². The normalized spacial score (nSPS) is 10.9. The highest BCUT2D eigenvalue weighted by Crippen LogP contribution is 2.15. The fraction of sp³-hybridized carbons (Fsp3) is 0.0769. The molecule has 0 saturated heterocycles. The second kappa shape index (κ2) is 4.65. The Balaban J connectivity index is 2.24. The molecular weight excluding hydrogens is 216 g/mol. The number of nitro groups is 1. The van der Waals surface area contributed by atoms with Crippen LogP contribution in [-0.4, -0.2) is 9.49 Å². The number of nitrogens with zero attached hydrogens (tertiary/aromatic N) is 2. The molecule has 0 unspecified atom stereocenters. The molecule has 0 amide bonds. The van der Waals surface area contributed by atoms with Crippen LogP contribution in [0.4, 0.5) is 5.69 Å². The molecule has 0 aliphatic rings. The SMILES string of the molecule is Cn1cccc1/C=C\c1cccc([N+](=O)[O-])c1. The van der Waals surface area contributed by atoms with Gasteiger partial charge in [-0.05, 0) is 23.8 Å². The van der Waals surface area contributed by atoms with E-state index < -0.39 is 0 Å². The second-order valence-corrected chi connectivity index (χ2v) is 3.73. The maximum Gasteiger partial charge on any atom is 0.270 e. The van der Waals surface area contributed by atoms with Crippen LogP contribution in [0.2, 0.25) is 0 Å². The van der Waals surface area contributed by atoms with Gasteiger partial charge in [0.25, 0.3) is 5.69 Å². The van der Waals surface area contributed by atoms with E-state index in [4.69, 9.17) is 0 Å². The van der Waals surface area contributed by atoms with E-state index in [1.54, 1.807) is 12.1 Å². The first kappa shape index (κ1) is 11.1. The van der Waals surface area contributed by atoms with Crippen molar-refractivity contribution in [3.05, 3.63) is 64.0 Å². The molecule has 1 heterocycles. The number of aromatic nitrogens is 1. The standard InChI is InChI=1S/C13H12N2O2/c1-14-9-3-6-12(14)8-7-11-4-2-5-13(10-11)15(16)17/h2-10H,1H3/b8-7-. The molecule has 0 radical (unpaired) electrons. The van der Waals surface area contributed by atoms with Crippen molar-refractivity contribution in [2.75, 3.05) is 0 Å². The van der Waals surface area contributed by atoms with Crippen molar-refractivity contribution in [1.82, 2.24) is 4.57 Å². The zero-order valence-electron chi connectivity index (χ0n) is 9.41. The van der Waals surface area contributed by atoms with Crippen molar-refractivity contribution in [1.29, 1.82) is 0 Å². The number of hydrogen-bond acceptors (Lipinski definition) is 2. The summed E-state index contributed by atoms with van der Waals surface area (Å²) in [5.74, 6) is 0. The predicted octanol–water partition coefficient (Wildman–Crippen LogP) is 3.10. The lowest BCUT2D eigenvalue weighted by Crippen LogP contribution is -1.88. The minimum atomic E-state index is -0.389. The van der Waals surface area contributed by atoms with Gasteiger partial charge in [-0.3, -0.25) is 10.1 Å². The molecule has 0 bridgehead atoms. The Morgan fingerprint density at radius 3 is 2.71 bits per heavy atom. The zero-order valence-corrected chi connectivity index (χ0v) is 9.41. The van der Waals surface area contributed by atoms with Gasteiger partial charge in [0.2, 0.25) is 0 Å². The van der Waals surface area contributed by atoms with Crippen LogP contribution >= 0.6 is 0 Å². The molecule has 0 saturated carbocycles. The molecule has 17 heavy (non-hydrogen) atoms. The summed E-state index contributed by atoms with van der Waals surface area (Å²) in [6, 6.07) is 10.5. The van der Waals surface area contributed by atoms with Gasteiger partial charge in [0.1, 0.15) is 0 Å². The Morgan fingerprint density at radius 2 is 2.06 bits per heavy atom. The maximum atomic E-state index is 10.6. The molecule has 0 N–H and O–H groups in total. The van der Waals surface area contributed by atoms with Crippen LogP contribution in [0.3, 0.4) is 0 Å². The third-order valence-corrected chi connectivity index (χ3v) is 2.51. The third kappa shape index (κ3) is 2.60. The Labute approximate surface area is 99.0 Å². The fourth-order valence-electron chi connectivity index (χ4n) is 1.57. The molecule has 2 rings (SSSR count). The highest BCUT2D eigenvalue weighted by atomic mass is 16.6. The van der Waals surface area contributed by atoms with Gasteiger partial charge in [-0.25, -0.2) is 0 Å². The Kier molecular flexibility index (Phi) is 3.05. The number of hydrogen-bond donors (Lipinski definition) is 0. The second-order valence-electron chi connectivity index (χ2n) is 3.73. The molecule has 0 fully saturated rings. The van der Waals surface area contributed by atoms with E-state index >= 15 is 0 Å². The van der Waals surface area contributed by atoms with E-state index in [9.17, 15) is 10.1 Å². The van der Waals surface area contributed by atoms with Gasteiger partial charge in [0.15, 0.2) is 0 Å². The first-order chi connectivity index (χ1) is 8.16. The molecule has 4 nitrogen and oxygen atoms in total. The van der Waals surface area contributed by atoms with E-state index in [0.717, 1.165) is 11.3 Å². The first-order valence-corrected chi connectivity index (χ1v) is 5.21. The lowest BCUT2D eigenvalue weighted by molar-refractivity contribution is -0.384. The summed E-state index contributed by atoms with van der Waals surface area (Å²) in [4.78, 5) is 10.2. The quantitative estimate of drug-likeness (QED) is 0.598. The Morgan fingerprint density at radius 1 is 1.24 bits per heavy atom. The monoisotopic (exact) mass is 228 g/mol. The highest BCUT2D eigenvalue weighted by Gasteiger charge is 2.03. The van der Waals surface area contributed by atoms with Crippen molar-refractivity contribution >= 4 is 17.8 Å². The number of non-ortho nitro benzene ring substituents is 1. The van der Waals surface area contributed by atoms with Crippen LogP contribution in [-0.2, 0) is 7.05 Å². The van der Waals surface area contributed by atoms with Gasteiger partial charge in [0.05, 0.1) is 4.92 Å². The number of aryl methyl sites for hydroxylation is 1. The molecule has 1 aromatic carbocycles. The molecule has 86 valence electrons. The molecule has 0 aliphatic heterocycles. The van der Waals surface area contributed by atoms with E-state index in [1.165, 1.54) is 6.07 Å². The minimum absolute atomic E-state index is 0.110. The first-order valence-electron chi connectivity index (χ1n) is 5.21. The Hall–Kier alpha value is -2.36. The van der Waals surface area contributed by atoms with Crippen LogP contribution in [0.25, 0.3) is 12.2 Å². The van der Waals surface area contributed by atoms with E-state index in [-0.39, 0.29) is 10.6 Å². The molecule has 0 atom stereocenters. The van der Waals surface area contributed by atoms with Crippen molar-refractivity contribution in [2.45, 2.75) is 0 Å². The number of rotatable bonds is 3. The molecule has 0 spiro atoms. The minimum Gasteiger partial charge on any atom is -0.351 e. The summed E-state index contributed by atoms with van der Waals surface area (Å²) in [5, 5.41) is 10.6. The molecule has 1 aromatic heterocycles. The van der Waals surface area contributed by atoms with E-state index in [1.807, 2.05) is 48.2 Å². The summed E-state index contributed by atoms with van der Waals surface area (Å²) >= 11 is 0. The van der Waals surface area contributed by atoms with Gasteiger partial charge in [0, 0.05) is 31.1 Å². The van der Waals surface area contributed by atoms with Crippen molar-refractivity contribution in [3.63, 3.8) is 0 Å². The van der Waals surface area contributed by atoms with Crippen LogP contribution in [0.1, 0.15) is 11.3 Å². The van der Waals surface area contributed by atoms with Crippen LogP contribution in [0, 0.1) is 10.1 Å². The summed E-state index contributed by atoms with van der Waals surface area (Å²) in [7, 11) is 1.95. The average Bonchev–Trinajstić information content (AvgIpc) is 2.72. The summed E-state index contributed by atoms with van der Waals surface area (Å²) in [6.45, 7) is 0. The summed E-state index contributed by atoms with van der Waals surface area (Å²) in [6.07, 6.45) is 5.74. The van der Waals surface area contributed by atoms with Crippen molar-refractivity contribution < 1.29 is 4.92 Å². The van der Waals surface area contributed by atoms with Crippen molar-refractivity contribution in [2.24, 2.45) is 7.05 Å². The van der Waals surface area contributed by atoms with Gasteiger partial charge >= 0.3 is 0 Å². The topological polar surface area (TPSA) is 48.1 Å². The lowest BCUT2D eigenvalue weighted by atomic mass is 10.2. The molecule has 0 aliphatic carbocycles. The number of benzene rings is 1. The molecule has 4 heteroatoms. The van der Waals surface area contributed by atoms with Crippen molar-refractivity contribution in [3.8, 4) is 0 Å². The summed E-state index contributed by atoms with van der Waals surface area (Å²) in [5.41, 5.74) is 1.98. The van der Waals surface area contributed by atoms with Crippen LogP contribution in [0.5, 0.6) is 0 Å². The van der Waals surface area contributed by atoms with Gasteiger partial charge in [-0.2, -0.15) is 0 Å². The van der Waals surface area contributed by atoms with E-state index in [2.05, 4.69) is 0 Å². The fourth-order valence-corrected chi connectivity index (χ4v) is 1.57. The van der Waals surface area contributed by atoms with Gasteiger partial charge < -0.3 is 4.57 Å². The predicted molar refractivity (Wildman–Crippen MR) is 67.4 cm³/mol. The van der Waals surface area contributed by atoms with Gasteiger partial charge in [-0.15, -0.1) is 0 Å². The zero-order chi connectivity index (χ0) is 12.3. The van der Waals surface area contributed by atoms with Gasteiger partial charge in [-0.1, -0.05) is 18.2 Å². The average molecular weight is 228 g/mol. The Bertz CT molecular complexity index is 570. The third-order valence-electron chi connectivity index (χ3n) is 2.51. The van der Waals surface area contributed by atoms with Crippen LogP contribution in [0.15, 0.2) is 42.6 Å². The van der Waals surface area contributed by atoms with E-state index in [0.29, 0.717) is 0 Å².